The van der Waals surface area contributed by atoms with Crippen molar-refractivity contribution in [2.45, 2.75) is 26.4 Å². The molecule has 5 nitrogen and oxygen atoms in total. The number of benzene rings is 3. The quantitative estimate of drug-likeness (QED) is 0.335. The van der Waals surface area contributed by atoms with Crippen molar-refractivity contribution in [2.24, 2.45) is 5.92 Å². The van der Waals surface area contributed by atoms with Crippen LogP contribution in [-0.2, 0) is 14.3 Å². The monoisotopic (exact) mass is 406 g/mol. The van der Waals surface area contributed by atoms with Gasteiger partial charge in [0.2, 0.25) is 0 Å². The molecular weight excluding hydrogens is 380 g/mol. The summed E-state index contributed by atoms with van der Waals surface area (Å²) in [5.41, 5.74) is 0.814. The van der Waals surface area contributed by atoms with Gasteiger partial charge in [0.15, 0.2) is 0 Å². The highest BCUT2D eigenvalue weighted by Crippen LogP contribution is 2.29. The molecule has 0 aliphatic carbocycles. The van der Waals surface area contributed by atoms with Crippen LogP contribution in [-0.4, -0.2) is 36.4 Å². The molecule has 3 aromatic carbocycles. The molecule has 0 saturated heterocycles. The molecule has 156 valence electrons. The molecule has 0 amide bonds. The van der Waals surface area contributed by atoms with Gasteiger partial charge in [-0.15, -0.1) is 0 Å². The van der Waals surface area contributed by atoms with Gasteiger partial charge in [0.05, 0.1) is 5.56 Å². The van der Waals surface area contributed by atoms with Gasteiger partial charge in [0.25, 0.3) is 0 Å². The predicted molar refractivity (Wildman–Crippen MR) is 117 cm³/mol. The average molecular weight is 406 g/mol. The van der Waals surface area contributed by atoms with E-state index in [4.69, 9.17) is 9.47 Å². The minimum absolute atomic E-state index is 0.264. The molecule has 0 aliphatic rings. The molecule has 0 spiro atoms. The number of esters is 2. The molecule has 0 aromatic heterocycles. The van der Waals surface area contributed by atoms with Gasteiger partial charge in [-0.3, -0.25) is 0 Å². The third-order valence-electron chi connectivity index (χ3n) is 4.73. The van der Waals surface area contributed by atoms with Crippen molar-refractivity contribution >= 4 is 33.5 Å². The second kappa shape index (κ2) is 9.55. The Bertz CT molecular complexity index is 1030. The largest absolute Gasteiger partial charge is 0.459 e. The van der Waals surface area contributed by atoms with Crippen LogP contribution in [0.2, 0.25) is 0 Å². The van der Waals surface area contributed by atoms with E-state index in [-0.39, 0.29) is 19.1 Å². The normalized spacial score (nSPS) is 12.1. The Hall–Kier alpha value is -3.18. The SMILES string of the molecule is C=C(CC(C)C)C(=O)OCC(O)COC(=O)c1c2ccccc2cc2ccccc12. The van der Waals surface area contributed by atoms with Crippen LogP contribution >= 0.6 is 0 Å². The zero-order valence-corrected chi connectivity index (χ0v) is 17.3. The lowest BCUT2D eigenvalue weighted by Crippen LogP contribution is -2.26. The molecule has 0 radical (unpaired) electrons. The number of hydrogen-bond acceptors (Lipinski definition) is 5. The summed E-state index contributed by atoms with van der Waals surface area (Å²) in [6, 6.07) is 17.2. The minimum Gasteiger partial charge on any atom is -0.459 e. The van der Waals surface area contributed by atoms with E-state index in [1.54, 1.807) is 0 Å². The summed E-state index contributed by atoms with van der Waals surface area (Å²) < 4.78 is 10.4. The van der Waals surface area contributed by atoms with Crippen LogP contribution in [0.4, 0.5) is 0 Å². The number of carbonyl (C=O) groups is 2. The van der Waals surface area contributed by atoms with Gasteiger partial charge in [-0.1, -0.05) is 69.0 Å². The van der Waals surface area contributed by atoms with Crippen molar-refractivity contribution < 1.29 is 24.2 Å². The summed E-state index contributed by atoms with van der Waals surface area (Å²) in [6.45, 7) is 7.11. The van der Waals surface area contributed by atoms with Gasteiger partial charge >= 0.3 is 11.9 Å². The first kappa shape index (κ1) is 21.5. The lowest BCUT2D eigenvalue weighted by molar-refractivity contribution is -0.142. The highest BCUT2D eigenvalue weighted by atomic mass is 16.6. The highest BCUT2D eigenvalue weighted by molar-refractivity contribution is 6.16. The maximum atomic E-state index is 12.9. The first-order valence-corrected chi connectivity index (χ1v) is 9.97. The molecule has 0 heterocycles. The van der Waals surface area contributed by atoms with Gasteiger partial charge in [-0.25, -0.2) is 9.59 Å². The van der Waals surface area contributed by atoms with Crippen molar-refractivity contribution in [1.29, 1.82) is 0 Å². The van der Waals surface area contributed by atoms with Crippen molar-refractivity contribution in [3.8, 4) is 0 Å². The van der Waals surface area contributed by atoms with Crippen molar-refractivity contribution in [3.05, 3.63) is 72.3 Å². The van der Waals surface area contributed by atoms with Crippen LogP contribution in [0.1, 0.15) is 30.6 Å². The van der Waals surface area contributed by atoms with E-state index >= 15 is 0 Å². The van der Waals surface area contributed by atoms with Crippen molar-refractivity contribution in [1.82, 2.24) is 0 Å². The fourth-order valence-electron chi connectivity index (χ4n) is 3.38. The summed E-state index contributed by atoms with van der Waals surface area (Å²) in [6.07, 6.45) is -0.594. The predicted octanol–water partition coefficient (Wildman–Crippen LogP) is 4.66. The van der Waals surface area contributed by atoms with Crippen molar-refractivity contribution in [2.75, 3.05) is 13.2 Å². The lowest BCUT2D eigenvalue weighted by atomic mass is 9.97. The van der Waals surface area contributed by atoms with E-state index in [0.717, 1.165) is 21.5 Å². The zero-order valence-electron chi connectivity index (χ0n) is 17.3. The van der Waals surface area contributed by atoms with Crippen LogP contribution in [0.5, 0.6) is 0 Å². The van der Waals surface area contributed by atoms with Gasteiger partial charge in [-0.2, -0.15) is 0 Å². The molecule has 0 saturated carbocycles. The van der Waals surface area contributed by atoms with Gasteiger partial charge in [-0.05, 0) is 39.9 Å². The van der Waals surface area contributed by atoms with Crippen molar-refractivity contribution in [3.63, 3.8) is 0 Å². The summed E-state index contributed by atoms with van der Waals surface area (Å²) in [7, 11) is 0. The zero-order chi connectivity index (χ0) is 21.7. The summed E-state index contributed by atoms with van der Waals surface area (Å²) in [4.78, 5) is 24.8. The van der Waals surface area contributed by atoms with E-state index in [1.807, 2.05) is 68.4 Å². The van der Waals surface area contributed by atoms with E-state index in [1.165, 1.54) is 0 Å². The first-order valence-electron chi connectivity index (χ1n) is 9.97. The molecule has 1 N–H and O–H groups in total. The van der Waals surface area contributed by atoms with Gasteiger partial charge in [0.1, 0.15) is 19.3 Å². The summed E-state index contributed by atoms with van der Waals surface area (Å²) in [5, 5.41) is 13.5. The second-order valence-corrected chi connectivity index (χ2v) is 7.75. The van der Waals surface area contributed by atoms with E-state index in [9.17, 15) is 14.7 Å². The number of aliphatic hydroxyl groups excluding tert-OH is 1. The van der Waals surface area contributed by atoms with Gasteiger partial charge in [0, 0.05) is 5.57 Å². The molecule has 5 heteroatoms. The lowest BCUT2D eigenvalue weighted by Gasteiger charge is -2.15. The second-order valence-electron chi connectivity index (χ2n) is 7.75. The summed E-state index contributed by atoms with van der Waals surface area (Å²) in [5.74, 6) is -0.793. The molecule has 0 aliphatic heterocycles. The molecule has 0 fully saturated rings. The Labute approximate surface area is 175 Å². The Morgan fingerprint density at radius 2 is 1.47 bits per heavy atom. The maximum absolute atomic E-state index is 12.9. The van der Waals surface area contributed by atoms with E-state index in [2.05, 4.69) is 6.58 Å². The van der Waals surface area contributed by atoms with Crippen LogP contribution in [0.15, 0.2) is 66.7 Å². The molecule has 3 aromatic rings. The third-order valence-corrected chi connectivity index (χ3v) is 4.73. The molecule has 1 atom stereocenters. The molecule has 3 rings (SSSR count). The van der Waals surface area contributed by atoms with E-state index < -0.39 is 18.0 Å². The highest BCUT2D eigenvalue weighted by Gasteiger charge is 2.19. The fourth-order valence-corrected chi connectivity index (χ4v) is 3.38. The molecule has 1 unspecified atom stereocenters. The Balaban J connectivity index is 1.68. The number of ether oxygens (including phenoxy) is 2. The van der Waals surface area contributed by atoms with E-state index in [0.29, 0.717) is 17.6 Å². The number of carbonyl (C=O) groups excluding carboxylic acids is 2. The van der Waals surface area contributed by atoms with Gasteiger partial charge < -0.3 is 14.6 Å². The Morgan fingerprint density at radius 1 is 0.933 bits per heavy atom. The third kappa shape index (κ3) is 5.05. The smallest absolute Gasteiger partial charge is 0.339 e. The summed E-state index contributed by atoms with van der Waals surface area (Å²) >= 11 is 0. The van der Waals surface area contributed by atoms with Crippen LogP contribution < -0.4 is 0 Å². The number of aliphatic hydroxyl groups is 1. The average Bonchev–Trinajstić information content (AvgIpc) is 2.73. The molecular formula is C25H26O5. The van der Waals surface area contributed by atoms with Crippen LogP contribution in [0.25, 0.3) is 21.5 Å². The molecule has 30 heavy (non-hydrogen) atoms. The fraction of sp³-hybridized carbons (Fsp3) is 0.280. The standard InChI is InChI=1S/C25H26O5/c1-16(2)12-17(3)24(27)29-14-20(26)15-30-25(28)23-21-10-6-4-8-18(21)13-19-9-5-7-11-22(19)23/h4-11,13,16,20,26H,3,12,14-15H2,1-2H3. The number of fused-ring (bicyclic) bond motifs is 2. The van der Waals surface area contributed by atoms with Crippen LogP contribution in [0.3, 0.4) is 0 Å². The Kier molecular flexibility index (Phi) is 6.85. The maximum Gasteiger partial charge on any atom is 0.339 e. The minimum atomic E-state index is -1.12. The topological polar surface area (TPSA) is 72.8 Å². The molecule has 0 bridgehead atoms. The van der Waals surface area contributed by atoms with Crippen LogP contribution in [0, 0.1) is 5.92 Å². The number of hydrogen-bond donors (Lipinski definition) is 1. The Morgan fingerprint density at radius 3 is 2.03 bits per heavy atom. The number of rotatable bonds is 8. The first-order chi connectivity index (χ1) is 14.4.